The highest BCUT2D eigenvalue weighted by Gasteiger charge is 2.11. The van der Waals surface area contributed by atoms with Gasteiger partial charge in [-0.05, 0) is 66.2 Å². The Balaban J connectivity index is 1.70. The molecule has 1 heterocycles. The molecule has 0 fully saturated rings. The minimum absolute atomic E-state index is 0.158. The summed E-state index contributed by atoms with van der Waals surface area (Å²) in [6.07, 6.45) is 3.09. The number of hydrogen-bond acceptors (Lipinski definition) is 5. The number of anilines is 1. The molecule has 138 valence electrons. The van der Waals surface area contributed by atoms with Crippen molar-refractivity contribution >= 4 is 17.7 Å². The van der Waals surface area contributed by atoms with Gasteiger partial charge in [-0.2, -0.15) is 4.68 Å². The number of aryl methyl sites for hydroxylation is 1. The van der Waals surface area contributed by atoms with Gasteiger partial charge >= 0.3 is 0 Å². The number of amides is 1. The molecule has 0 radical (unpaired) electrons. The minimum atomic E-state index is -0.492. The molecule has 0 unspecified atom stereocenters. The Hall–Kier alpha value is -3.55. The Morgan fingerprint density at radius 1 is 1.26 bits per heavy atom. The van der Waals surface area contributed by atoms with Crippen LogP contribution >= 0.6 is 0 Å². The van der Waals surface area contributed by atoms with Crippen molar-refractivity contribution in [3.8, 4) is 11.4 Å². The van der Waals surface area contributed by atoms with Crippen LogP contribution < -0.4 is 10.1 Å². The molecule has 1 aromatic heterocycles. The highest BCUT2D eigenvalue weighted by Crippen LogP contribution is 2.19. The molecule has 0 aliphatic rings. The number of hydrogen-bond donors (Lipinski definition) is 1. The molecule has 2 aromatic carbocycles. The van der Waals surface area contributed by atoms with Gasteiger partial charge in [0.25, 0.3) is 0 Å². The van der Waals surface area contributed by atoms with E-state index in [4.69, 9.17) is 4.74 Å². The Kier molecular flexibility index (Phi) is 5.55. The summed E-state index contributed by atoms with van der Waals surface area (Å²) in [5.41, 5.74) is 1.45. The number of ether oxygens (including phenoxy) is 1. The summed E-state index contributed by atoms with van der Waals surface area (Å²) in [6.45, 7) is 4.17. The Bertz CT molecular complexity index is 966. The zero-order valence-electron chi connectivity index (χ0n) is 14.9. The van der Waals surface area contributed by atoms with Crippen molar-refractivity contribution < 1.29 is 13.9 Å². The largest absolute Gasteiger partial charge is 0.494 e. The van der Waals surface area contributed by atoms with E-state index in [1.807, 2.05) is 31.2 Å². The second kappa shape index (κ2) is 8.22. The lowest BCUT2D eigenvalue weighted by molar-refractivity contribution is -0.111. The van der Waals surface area contributed by atoms with Gasteiger partial charge in [0, 0.05) is 11.8 Å². The number of halogens is 1. The summed E-state index contributed by atoms with van der Waals surface area (Å²) < 4.78 is 20.7. The molecule has 0 spiro atoms. The number of carbonyl (C=O) groups is 1. The average molecular weight is 367 g/mol. The molecule has 7 nitrogen and oxygen atoms in total. The Labute approximate surface area is 155 Å². The quantitative estimate of drug-likeness (QED) is 0.677. The van der Waals surface area contributed by atoms with E-state index in [0.29, 0.717) is 18.1 Å². The summed E-state index contributed by atoms with van der Waals surface area (Å²) in [5.74, 6) is 0.381. The molecule has 3 rings (SSSR count). The first-order chi connectivity index (χ1) is 13.1. The zero-order valence-corrected chi connectivity index (χ0v) is 14.9. The normalized spacial score (nSPS) is 10.9. The lowest BCUT2D eigenvalue weighted by Gasteiger charge is -2.07. The van der Waals surface area contributed by atoms with Crippen molar-refractivity contribution in [1.29, 1.82) is 0 Å². The van der Waals surface area contributed by atoms with Crippen LogP contribution in [0.25, 0.3) is 11.8 Å². The molecule has 3 aromatic rings. The molecule has 0 saturated carbocycles. The number of carbonyl (C=O) groups excluding carboxylic acids is 1. The van der Waals surface area contributed by atoms with Gasteiger partial charge in [0.05, 0.1) is 6.61 Å². The molecule has 0 atom stereocenters. The highest BCUT2D eigenvalue weighted by molar-refractivity contribution is 6.02. The molecule has 27 heavy (non-hydrogen) atoms. The molecular weight excluding hydrogens is 349 g/mol. The predicted octanol–water partition coefficient (Wildman–Crippen LogP) is 3.16. The van der Waals surface area contributed by atoms with Gasteiger partial charge in [-0.1, -0.05) is 12.1 Å². The predicted molar refractivity (Wildman–Crippen MR) is 99.1 cm³/mol. The van der Waals surface area contributed by atoms with Crippen molar-refractivity contribution in [1.82, 2.24) is 20.2 Å². The third-order valence-corrected chi connectivity index (χ3v) is 3.69. The second-order valence-corrected chi connectivity index (χ2v) is 5.63. The van der Waals surface area contributed by atoms with E-state index in [2.05, 4.69) is 20.8 Å². The van der Waals surface area contributed by atoms with Crippen LogP contribution in [0, 0.1) is 12.7 Å². The molecular formula is C19H18FN5O2. The number of nitrogens with zero attached hydrogens (tertiary/aromatic N) is 4. The monoisotopic (exact) mass is 367 g/mol. The maximum atomic E-state index is 14.1. The van der Waals surface area contributed by atoms with Gasteiger partial charge < -0.3 is 10.1 Å². The fourth-order valence-electron chi connectivity index (χ4n) is 2.40. The Morgan fingerprint density at radius 3 is 2.70 bits per heavy atom. The first-order valence-electron chi connectivity index (χ1n) is 8.33. The van der Waals surface area contributed by atoms with Crippen LogP contribution in [0.1, 0.15) is 18.3 Å². The number of rotatable bonds is 6. The first-order valence-corrected chi connectivity index (χ1v) is 8.33. The summed E-state index contributed by atoms with van der Waals surface area (Å²) in [5, 5.41) is 13.7. The third kappa shape index (κ3) is 4.55. The maximum Gasteiger partial charge on any atom is 0.248 e. The van der Waals surface area contributed by atoms with Gasteiger partial charge in [0.2, 0.25) is 5.91 Å². The molecule has 0 aliphatic heterocycles. The van der Waals surface area contributed by atoms with Crippen molar-refractivity contribution in [2.45, 2.75) is 13.8 Å². The fourth-order valence-corrected chi connectivity index (χ4v) is 2.40. The maximum absolute atomic E-state index is 14.1. The highest BCUT2D eigenvalue weighted by atomic mass is 19.1. The van der Waals surface area contributed by atoms with Crippen LogP contribution in [0.3, 0.4) is 0 Å². The van der Waals surface area contributed by atoms with E-state index in [1.165, 1.54) is 29.0 Å². The molecule has 8 heteroatoms. The number of aromatic nitrogens is 4. The van der Waals surface area contributed by atoms with E-state index in [0.717, 1.165) is 11.3 Å². The van der Waals surface area contributed by atoms with Crippen LogP contribution in [0.4, 0.5) is 10.1 Å². The van der Waals surface area contributed by atoms with E-state index in [9.17, 15) is 9.18 Å². The van der Waals surface area contributed by atoms with Crippen molar-refractivity contribution in [2.75, 3.05) is 11.9 Å². The molecule has 0 aliphatic carbocycles. The third-order valence-electron chi connectivity index (χ3n) is 3.69. The van der Waals surface area contributed by atoms with Gasteiger partial charge in [-0.15, -0.1) is 5.10 Å². The van der Waals surface area contributed by atoms with E-state index in [1.54, 1.807) is 13.0 Å². The van der Waals surface area contributed by atoms with Crippen LogP contribution in [-0.4, -0.2) is 32.7 Å². The SMILES string of the molecule is CCOc1ccc(/C=C/C(=O)Nc2ccc(F)c(-n3nnnc3C)c2)cc1. The fraction of sp³-hybridized carbons (Fsp3) is 0.158. The van der Waals surface area contributed by atoms with Crippen LogP contribution in [0.15, 0.2) is 48.5 Å². The van der Waals surface area contributed by atoms with E-state index in [-0.39, 0.29) is 11.6 Å². The Morgan fingerprint density at radius 2 is 2.04 bits per heavy atom. The molecule has 1 N–H and O–H groups in total. The van der Waals surface area contributed by atoms with Crippen molar-refractivity contribution in [3.63, 3.8) is 0 Å². The second-order valence-electron chi connectivity index (χ2n) is 5.63. The average Bonchev–Trinajstić information content (AvgIpc) is 3.09. The summed E-state index contributed by atoms with van der Waals surface area (Å²) in [6, 6.07) is 11.6. The summed E-state index contributed by atoms with van der Waals surface area (Å²) in [7, 11) is 0. The van der Waals surface area contributed by atoms with Gasteiger partial charge in [-0.3, -0.25) is 4.79 Å². The molecule has 0 saturated heterocycles. The van der Waals surface area contributed by atoms with Gasteiger partial charge in [0.15, 0.2) is 5.82 Å². The van der Waals surface area contributed by atoms with Crippen LogP contribution in [-0.2, 0) is 4.79 Å². The van der Waals surface area contributed by atoms with E-state index < -0.39 is 5.82 Å². The zero-order chi connectivity index (χ0) is 19.2. The molecule has 0 bridgehead atoms. The van der Waals surface area contributed by atoms with Crippen molar-refractivity contribution in [3.05, 3.63) is 65.7 Å². The van der Waals surface area contributed by atoms with Gasteiger partial charge in [-0.25, -0.2) is 4.39 Å². The molecule has 1 amide bonds. The van der Waals surface area contributed by atoms with Crippen LogP contribution in [0.5, 0.6) is 5.75 Å². The number of nitrogens with one attached hydrogen (secondary N) is 1. The lowest BCUT2D eigenvalue weighted by Crippen LogP contribution is -2.09. The number of benzene rings is 2. The standard InChI is InChI=1S/C19H18FN5O2/c1-3-27-16-8-4-14(5-9-16)6-11-19(26)21-15-7-10-17(20)18(12-15)25-13(2)22-23-24-25/h4-12H,3H2,1-2H3,(H,21,26)/b11-6+. The topological polar surface area (TPSA) is 81.9 Å². The lowest BCUT2D eigenvalue weighted by atomic mass is 10.2. The smallest absolute Gasteiger partial charge is 0.248 e. The summed E-state index contributed by atoms with van der Waals surface area (Å²) >= 11 is 0. The minimum Gasteiger partial charge on any atom is -0.494 e. The van der Waals surface area contributed by atoms with Gasteiger partial charge in [0.1, 0.15) is 17.3 Å². The summed E-state index contributed by atoms with van der Waals surface area (Å²) in [4.78, 5) is 12.1. The first kappa shape index (κ1) is 18.2. The van der Waals surface area contributed by atoms with Crippen LogP contribution in [0.2, 0.25) is 0 Å². The number of tetrazole rings is 1. The van der Waals surface area contributed by atoms with E-state index >= 15 is 0 Å². The van der Waals surface area contributed by atoms with Crippen molar-refractivity contribution in [2.24, 2.45) is 0 Å².